The van der Waals surface area contributed by atoms with Crippen molar-refractivity contribution < 1.29 is 4.86 Å². The highest BCUT2D eigenvalue weighted by Crippen LogP contribution is 2.31. The molecular formula is C14H30N4O. The van der Waals surface area contributed by atoms with Gasteiger partial charge in [-0.2, -0.15) is 10.2 Å². The fraction of sp³-hybridized carbons (Fsp3) is 1.00. The Morgan fingerprint density at radius 2 is 1.11 bits per heavy atom. The van der Waals surface area contributed by atoms with Gasteiger partial charge in [0.05, 0.1) is 5.54 Å². The molecule has 0 amide bonds. The quantitative estimate of drug-likeness (QED) is 0.421. The van der Waals surface area contributed by atoms with Crippen LogP contribution in [0.5, 0.6) is 0 Å². The zero-order chi connectivity index (χ0) is 15.7. The molecule has 0 atom stereocenters. The van der Waals surface area contributed by atoms with Crippen LogP contribution in [0.15, 0.2) is 15.3 Å². The molecule has 0 aliphatic rings. The molecule has 0 heterocycles. The van der Waals surface area contributed by atoms with Gasteiger partial charge < -0.3 is 5.21 Å². The molecular weight excluding hydrogens is 240 g/mol. The summed E-state index contributed by atoms with van der Waals surface area (Å²) in [7, 11) is 0. The molecule has 0 fully saturated rings. The van der Waals surface area contributed by atoms with Crippen LogP contribution in [0.25, 0.3) is 0 Å². The summed E-state index contributed by atoms with van der Waals surface area (Å²) in [4.78, 5) is 0.765. The summed E-state index contributed by atoms with van der Waals surface area (Å²) in [5, 5.41) is 25.0. The molecule has 0 saturated heterocycles. The summed E-state index contributed by atoms with van der Waals surface area (Å²) < 4.78 is 0. The summed E-state index contributed by atoms with van der Waals surface area (Å²) in [6, 6.07) is 0. The number of nitrogens with zero attached hydrogens (tertiary/aromatic N) is 4. The van der Waals surface area contributed by atoms with E-state index in [2.05, 4.69) is 15.3 Å². The maximum absolute atomic E-state index is 12.0. The van der Waals surface area contributed by atoms with Gasteiger partial charge in [0.2, 0.25) is 0 Å². The largest absolute Gasteiger partial charge is 0.600 e. The molecule has 0 spiro atoms. The van der Waals surface area contributed by atoms with E-state index in [1.807, 2.05) is 69.2 Å². The number of azo groups is 2. The Labute approximate surface area is 117 Å². The molecule has 0 bridgehead atoms. The molecule has 0 saturated carbocycles. The normalized spacial score (nSPS) is 16.2. The van der Waals surface area contributed by atoms with Gasteiger partial charge in [-0.25, -0.2) is 0 Å². The third-order valence-corrected chi connectivity index (χ3v) is 3.01. The number of hydroxylamine groups is 1. The minimum absolute atomic E-state index is 0.228. The Balaban J connectivity index is 5.36. The second-order valence-electron chi connectivity index (χ2n) is 8.03. The van der Waals surface area contributed by atoms with Gasteiger partial charge in [0.15, 0.2) is 5.54 Å². The topological polar surface area (TPSA) is 63.1 Å². The highest BCUT2D eigenvalue weighted by Gasteiger charge is 2.42. The van der Waals surface area contributed by atoms with E-state index in [0.29, 0.717) is 0 Å². The summed E-state index contributed by atoms with van der Waals surface area (Å²) in [5.74, 6) is 0. The van der Waals surface area contributed by atoms with E-state index < -0.39 is 16.6 Å². The lowest BCUT2D eigenvalue weighted by Crippen LogP contribution is -2.44. The van der Waals surface area contributed by atoms with Crippen LogP contribution in [0.1, 0.15) is 69.2 Å². The van der Waals surface area contributed by atoms with Gasteiger partial charge in [0, 0.05) is 20.8 Å². The summed E-state index contributed by atoms with van der Waals surface area (Å²) in [6.45, 7) is 19.2. The van der Waals surface area contributed by atoms with Gasteiger partial charge in [0.1, 0.15) is 11.1 Å². The van der Waals surface area contributed by atoms with E-state index >= 15 is 0 Å². The summed E-state index contributed by atoms with van der Waals surface area (Å²) in [5.41, 5.74) is -1.95. The number of rotatable bonds is 3. The van der Waals surface area contributed by atoms with E-state index in [1.54, 1.807) is 0 Å². The summed E-state index contributed by atoms with van der Waals surface area (Å²) in [6.07, 6.45) is 0. The van der Waals surface area contributed by atoms with Gasteiger partial charge in [-0.05, 0) is 53.6 Å². The van der Waals surface area contributed by atoms with Crippen LogP contribution in [-0.4, -0.2) is 27.0 Å². The minimum Gasteiger partial charge on any atom is -0.600 e. The Bertz CT molecular complexity index is 368. The molecule has 0 rings (SSSR count). The van der Waals surface area contributed by atoms with Crippen LogP contribution in [0.3, 0.4) is 0 Å². The third-order valence-electron chi connectivity index (χ3n) is 3.01. The smallest absolute Gasteiger partial charge is 0.190 e. The predicted molar refractivity (Wildman–Crippen MR) is 78.6 cm³/mol. The van der Waals surface area contributed by atoms with Crippen molar-refractivity contribution in [3.63, 3.8) is 0 Å². The van der Waals surface area contributed by atoms with E-state index in [-0.39, 0.29) is 5.54 Å². The van der Waals surface area contributed by atoms with E-state index in [1.165, 1.54) is 0 Å². The average molecular weight is 270 g/mol. The SMILES string of the molecule is CC(C)(C)N=NC(C)(C)C(C)(C)N=[N+]([O-])C(C)(C)C. The fourth-order valence-corrected chi connectivity index (χ4v) is 0.897. The third kappa shape index (κ3) is 5.66. The van der Waals surface area contributed by atoms with Gasteiger partial charge in [-0.15, -0.1) is 0 Å². The van der Waals surface area contributed by atoms with Crippen LogP contribution in [0.4, 0.5) is 0 Å². The van der Waals surface area contributed by atoms with Crippen molar-refractivity contribution >= 4 is 0 Å². The Hall–Kier alpha value is -1.00. The lowest BCUT2D eigenvalue weighted by atomic mass is 9.84. The van der Waals surface area contributed by atoms with Crippen molar-refractivity contribution in [2.45, 2.75) is 91.4 Å². The molecule has 112 valence electrons. The standard InChI is InChI=1S/C14H30N4O/c1-11(2,3)15-16-13(7,8)14(9,10)17-18(19)12(4,5)6/h1-10H3. The first-order valence-electron chi connectivity index (χ1n) is 6.73. The van der Waals surface area contributed by atoms with Gasteiger partial charge in [0.25, 0.3) is 0 Å². The molecule has 0 aromatic carbocycles. The van der Waals surface area contributed by atoms with E-state index in [9.17, 15) is 5.21 Å². The van der Waals surface area contributed by atoms with Crippen molar-refractivity contribution in [1.29, 1.82) is 0 Å². The van der Waals surface area contributed by atoms with Crippen molar-refractivity contribution in [3.05, 3.63) is 5.21 Å². The molecule has 5 nitrogen and oxygen atoms in total. The number of hydrogen-bond acceptors (Lipinski definition) is 4. The van der Waals surface area contributed by atoms with E-state index in [4.69, 9.17) is 0 Å². The Kier molecular flexibility index (Phi) is 4.90. The van der Waals surface area contributed by atoms with Crippen LogP contribution in [-0.2, 0) is 0 Å². The molecule has 5 heteroatoms. The first kappa shape index (κ1) is 18.0. The monoisotopic (exact) mass is 270 g/mol. The maximum atomic E-state index is 12.0. The Morgan fingerprint density at radius 3 is 1.42 bits per heavy atom. The molecule has 19 heavy (non-hydrogen) atoms. The van der Waals surface area contributed by atoms with Crippen LogP contribution < -0.4 is 0 Å². The average Bonchev–Trinajstić information content (AvgIpc) is 2.11. The Morgan fingerprint density at radius 1 is 0.684 bits per heavy atom. The highest BCUT2D eigenvalue weighted by atomic mass is 16.5. The zero-order valence-electron chi connectivity index (χ0n) is 14.2. The highest BCUT2D eigenvalue weighted by molar-refractivity contribution is 4.98. The molecule has 0 aromatic heterocycles. The van der Waals surface area contributed by atoms with Gasteiger partial charge >= 0.3 is 0 Å². The maximum Gasteiger partial charge on any atom is 0.190 e. The first-order valence-corrected chi connectivity index (χ1v) is 6.73. The van der Waals surface area contributed by atoms with Crippen LogP contribution in [0, 0.1) is 5.21 Å². The molecule has 0 aromatic rings. The molecule has 0 aliphatic heterocycles. The molecule has 0 unspecified atom stereocenters. The first-order chi connectivity index (χ1) is 8.08. The summed E-state index contributed by atoms with van der Waals surface area (Å²) >= 11 is 0. The predicted octanol–water partition coefficient (Wildman–Crippen LogP) is 4.56. The van der Waals surface area contributed by atoms with Crippen LogP contribution >= 0.6 is 0 Å². The minimum atomic E-state index is -0.628. The second kappa shape index (κ2) is 5.17. The van der Waals surface area contributed by atoms with Gasteiger partial charge in [-0.1, -0.05) is 4.86 Å². The van der Waals surface area contributed by atoms with Crippen molar-refractivity contribution in [2.75, 3.05) is 0 Å². The lowest BCUT2D eigenvalue weighted by molar-refractivity contribution is -0.605. The van der Waals surface area contributed by atoms with Crippen molar-refractivity contribution in [1.82, 2.24) is 0 Å². The molecule has 0 N–H and O–H groups in total. The molecule has 0 aliphatic carbocycles. The molecule has 0 radical (unpaired) electrons. The number of hydrogen-bond donors (Lipinski definition) is 0. The van der Waals surface area contributed by atoms with Crippen molar-refractivity contribution in [2.24, 2.45) is 15.3 Å². The fourth-order valence-electron chi connectivity index (χ4n) is 0.897. The second-order valence-corrected chi connectivity index (χ2v) is 8.03. The van der Waals surface area contributed by atoms with Gasteiger partial charge in [-0.3, -0.25) is 0 Å². The van der Waals surface area contributed by atoms with E-state index in [0.717, 1.165) is 4.86 Å². The van der Waals surface area contributed by atoms with Crippen molar-refractivity contribution in [3.8, 4) is 0 Å². The lowest BCUT2D eigenvalue weighted by Gasteiger charge is -2.33. The van der Waals surface area contributed by atoms with Crippen LogP contribution in [0.2, 0.25) is 0 Å². The zero-order valence-corrected chi connectivity index (χ0v) is 14.2.